The van der Waals surface area contributed by atoms with Crippen molar-refractivity contribution in [2.45, 2.75) is 44.3 Å². The summed E-state index contributed by atoms with van der Waals surface area (Å²) in [4.78, 5) is 7.07. The summed E-state index contributed by atoms with van der Waals surface area (Å²) >= 11 is 14.6. The zero-order chi connectivity index (χ0) is 25.5. The summed E-state index contributed by atoms with van der Waals surface area (Å²) in [5.74, 6) is 1.23. The lowest BCUT2D eigenvalue weighted by Gasteiger charge is -2.31. The molecule has 2 N–H and O–H groups in total. The molecule has 1 saturated carbocycles. The predicted molar refractivity (Wildman–Crippen MR) is 146 cm³/mol. The minimum atomic E-state index is -0.0487. The Bertz CT molecular complexity index is 1470. The summed E-state index contributed by atoms with van der Waals surface area (Å²) in [6.45, 7) is 2.10. The topological polar surface area (TPSA) is 111 Å². The second-order valence-electron chi connectivity index (χ2n) is 9.38. The number of benzene rings is 2. The number of hydrogen-bond acceptors (Lipinski definition) is 8. The minimum absolute atomic E-state index is 0.0487. The highest BCUT2D eigenvalue weighted by molar-refractivity contribution is 7.22. The number of amidine groups is 1. The Hall–Kier alpha value is -2.85. The number of anilines is 1. The van der Waals surface area contributed by atoms with Crippen LogP contribution in [-0.4, -0.2) is 35.2 Å². The van der Waals surface area contributed by atoms with Crippen molar-refractivity contribution in [2.24, 2.45) is 5.11 Å². The van der Waals surface area contributed by atoms with Gasteiger partial charge in [0, 0.05) is 35.7 Å². The minimum Gasteiger partial charge on any atom is -0.373 e. The second kappa shape index (κ2) is 10.1. The maximum atomic E-state index is 7.78. The van der Waals surface area contributed by atoms with Crippen molar-refractivity contribution in [1.82, 2.24) is 10.1 Å². The van der Waals surface area contributed by atoms with Crippen molar-refractivity contribution >= 4 is 55.7 Å². The van der Waals surface area contributed by atoms with Crippen molar-refractivity contribution in [3.8, 4) is 11.3 Å². The molecule has 37 heavy (non-hydrogen) atoms. The molecular weight excluding hydrogens is 531 g/mol. The average Bonchev–Trinajstić information content (AvgIpc) is 3.53. The van der Waals surface area contributed by atoms with E-state index in [0.29, 0.717) is 39.4 Å². The van der Waals surface area contributed by atoms with Gasteiger partial charge in [-0.1, -0.05) is 45.8 Å². The molecule has 6 rings (SSSR count). The van der Waals surface area contributed by atoms with Crippen LogP contribution >= 0.6 is 34.5 Å². The fraction of sp³-hybridized carbons (Fsp3) is 0.346. The highest BCUT2D eigenvalue weighted by Crippen LogP contribution is 2.46. The molecule has 2 aliphatic rings. The molecule has 1 aliphatic heterocycles. The first-order valence-corrected chi connectivity index (χ1v) is 13.8. The third-order valence-electron chi connectivity index (χ3n) is 6.90. The van der Waals surface area contributed by atoms with Gasteiger partial charge in [0.05, 0.1) is 33.0 Å². The molecule has 1 aliphatic carbocycles. The number of piperidine rings is 1. The van der Waals surface area contributed by atoms with Crippen LogP contribution in [0.5, 0.6) is 0 Å². The van der Waals surface area contributed by atoms with E-state index in [4.69, 9.17) is 48.4 Å². The maximum absolute atomic E-state index is 7.78. The average molecular weight is 555 g/mol. The lowest BCUT2D eigenvalue weighted by atomic mass is 10.0. The van der Waals surface area contributed by atoms with Crippen LogP contribution in [0.4, 0.5) is 5.13 Å². The monoisotopic (exact) mass is 554 g/mol. The number of nitrogens with one attached hydrogen (secondary N) is 2. The smallest absolute Gasteiger partial charge is 0.186 e. The van der Waals surface area contributed by atoms with Gasteiger partial charge in [-0.05, 0) is 56.0 Å². The summed E-state index contributed by atoms with van der Waals surface area (Å²) in [7, 11) is 0. The molecule has 0 unspecified atom stereocenters. The Morgan fingerprint density at radius 2 is 1.89 bits per heavy atom. The van der Waals surface area contributed by atoms with Crippen molar-refractivity contribution in [3.05, 3.63) is 63.3 Å². The van der Waals surface area contributed by atoms with Gasteiger partial charge in [0.1, 0.15) is 11.5 Å². The Balaban J connectivity index is 1.14. The third kappa shape index (κ3) is 4.88. The van der Waals surface area contributed by atoms with Crippen molar-refractivity contribution < 1.29 is 9.26 Å². The first-order chi connectivity index (χ1) is 18.0. The molecule has 0 radical (unpaired) electrons. The van der Waals surface area contributed by atoms with Gasteiger partial charge < -0.3 is 14.2 Å². The Morgan fingerprint density at radius 1 is 1.14 bits per heavy atom. The molecule has 190 valence electrons. The Labute approximate surface area is 227 Å². The van der Waals surface area contributed by atoms with E-state index in [1.165, 1.54) is 0 Å². The Kier molecular flexibility index (Phi) is 6.71. The predicted octanol–water partition coefficient (Wildman–Crippen LogP) is 7.68. The largest absolute Gasteiger partial charge is 0.373 e. The van der Waals surface area contributed by atoms with Gasteiger partial charge in [-0.15, -0.1) is 5.11 Å². The number of ether oxygens (including phenoxy) is 1. The fourth-order valence-electron chi connectivity index (χ4n) is 4.72. The van der Waals surface area contributed by atoms with Crippen LogP contribution in [-0.2, 0) is 11.3 Å². The number of aromatic nitrogens is 2. The molecular formula is C26H24Cl2N6O2S. The molecule has 1 saturated heterocycles. The van der Waals surface area contributed by atoms with E-state index in [9.17, 15) is 0 Å². The van der Waals surface area contributed by atoms with E-state index in [1.807, 2.05) is 30.3 Å². The number of halogens is 2. The van der Waals surface area contributed by atoms with E-state index < -0.39 is 0 Å². The van der Waals surface area contributed by atoms with Crippen LogP contribution in [0.15, 0.2) is 46.0 Å². The maximum Gasteiger partial charge on any atom is 0.186 e. The van der Waals surface area contributed by atoms with Crippen LogP contribution in [0.1, 0.15) is 48.5 Å². The van der Waals surface area contributed by atoms with Crippen LogP contribution in [0, 0.1) is 10.9 Å². The summed E-state index contributed by atoms with van der Waals surface area (Å²) in [6.07, 6.45) is 4.08. The molecule has 4 aromatic rings. The number of rotatable bonds is 7. The van der Waals surface area contributed by atoms with E-state index >= 15 is 0 Å². The number of hydrogen-bond donors (Lipinski definition) is 2. The number of thiazole rings is 1. The molecule has 0 spiro atoms. The van der Waals surface area contributed by atoms with Gasteiger partial charge in [0.25, 0.3) is 0 Å². The van der Waals surface area contributed by atoms with Crippen LogP contribution in [0.2, 0.25) is 10.0 Å². The highest BCUT2D eigenvalue weighted by atomic mass is 35.5. The van der Waals surface area contributed by atoms with Gasteiger partial charge in [0.15, 0.2) is 11.0 Å². The highest BCUT2D eigenvalue weighted by Gasteiger charge is 2.34. The van der Waals surface area contributed by atoms with E-state index in [-0.39, 0.29) is 11.9 Å². The summed E-state index contributed by atoms with van der Waals surface area (Å²) < 4.78 is 13.2. The van der Waals surface area contributed by atoms with Crippen molar-refractivity contribution in [3.63, 3.8) is 0 Å². The quantitative estimate of drug-likeness (QED) is 0.138. The first-order valence-electron chi connectivity index (χ1n) is 12.2. The molecule has 2 fully saturated rings. The first kappa shape index (κ1) is 24.5. The van der Waals surface area contributed by atoms with Gasteiger partial charge in [-0.3, -0.25) is 5.41 Å². The molecule has 0 atom stereocenters. The van der Waals surface area contributed by atoms with Crippen LogP contribution in [0.3, 0.4) is 0 Å². The standard InChI is InChI=1S/C26H24Cl2N6O2S/c27-18-2-1-3-19(28)22(18)23-17(24(36-33-23)14-4-5-14)13-35-16-8-10-34(11-9-16)26-31-20-7-6-15(25(29)32-30)12-21(20)37-26/h1-3,6-7,12,14,16,29-30H,4-5,8-11,13H2. The van der Waals surface area contributed by atoms with Crippen molar-refractivity contribution in [1.29, 1.82) is 10.9 Å². The van der Waals surface area contributed by atoms with Crippen LogP contribution in [0.25, 0.3) is 21.5 Å². The molecule has 8 nitrogen and oxygen atoms in total. The molecule has 0 amide bonds. The Morgan fingerprint density at radius 3 is 2.59 bits per heavy atom. The molecule has 2 aromatic carbocycles. The zero-order valence-corrected chi connectivity index (χ0v) is 22.2. The molecule has 3 heterocycles. The van der Waals surface area contributed by atoms with Gasteiger partial charge in [0.2, 0.25) is 0 Å². The lowest BCUT2D eigenvalue weighted by molar-refractivity contribution is 0.0246. The SMILES string of the molecule is N=NC(=N)c1ccc2nc(N3CCC(OCc4c(-c5c(Cl)cccc5Cl)noc4C4CC4)CC3)sc2c1. The number of fused-ring (bicyclic) bond motifs is 1. The normalized spacial score (nSPS) is 16.4. The van der Waals surface area contributed by atoms with E-state index in [1.54, 1.807) is 17.4 Å². The van der Waals surface area contributed by atoms with E-state index in [2.05, 4.69) is 15.2 Å². The van der Waals surface area contributed by atoms with Crippen molar-refractivity contribution in [2.75, 3.05) is 18.0 Å². The molecule has 0 bridgehead atoms. The third-order valence-corrected chi connectivity index (χ3v) is 8.61. The summed E-state index contributed by atoms with van der Waals surface area (Å²) in [5, 5.41) is 17.4. The van der Waals surface area contributed by atoms with Gasteiger partial charge >= 0.3 is 0 Å². The molecule has 2 aromatic heterocycles. The van der Waals surface area contributed by atoms with E-state index in [0.717, 1.165) is 65.4 Å². The lowest BCUT2D eigenvalue weighted by Crippen LogP contribution is -2.36. The fourth-order valence-corrected chi connectivity index (χ4v) is 6.36. The number of nitrogens with zero attached hydrogens (tertiary/aromatic N) is 4. The van der Waals surface area contributed by atoms with Gasteiger partial charge in [-0.25, -0.2) is 10.5 Å². The van der Waals surface area contributed by atoms with Crippen LogP contribution < -0.4 is 4.90 Å². The second-order valence-corrected chi connectivity index (χ2v) is 11.2. The zero-order valence-electron chi connectivity index (χ0n) is 19.8. The molecule has 11 heteroatoms. The van der Waals surface area contributed by atoms with Gasteiger partial charge in [-0.2, -0.15) is 0 Å². The summed E-state index contributed by atoms with van der Waals surface area (Å²) in [5.41, 5.74) is 10.9. The summed E-state index contributed by atoms with van der Waals surface area (Å²) in [6, 6.07) is 11.0.